The van der Waals surface area contributed by atoms with Crippen LogP contribution in [-0.4, -0.2) is 18.0 Å². The zero-order valence-corrected chi connectivity index (χ0v) is 13.0. The molecule has 112 valence electrons. The minimum absolute atomic E-state index is 0. The number of halogens is 1. The number of ether oxygens (including phenoxy) is 1. The largest absolute Gasteiger partial charge is 1.00 e. The normalized spacial score (nSPS) is 18.5. The summed E-state index contributed by atoms with van der Waals surface area (Å²) < 4.78 is 5.73. The van der Waals surface area contributed by atoms with Crippen LogP contribution < -0.4 is 12.4 Å². The number of fused-ring (bicyclic) bond motifs is 3. The summed E-state index contributed by atoms with van der Waals surface area (Å²) in [7, 11) is 0. The predicted molar refractivity (Wildman–Crippen MR) is 81.6 cm³/mol. The summed E-state index contributed by atoms with van der Waals surface area (Å²) in [6.45, 7) is 5.18. The molecule has 0 radical (unpaired) electrons. The number of hydrogen-bond acceptors (Lipinski definition) is 2. The van der Waals surface area contributed by atoms with Crippen LogP contribution in [0.15, 0.2) is 30.3 Å². The van der Waals surface area contributed by atoms with Crippen LogP contribution in [0.1, 0.15) is 36.0 Å². The lowest BCUT2D eigenvalue weighted by Gasteiger charge is -2.27. The second-order valence-electron chi connectivity index (χ2n) is 6.04. The fourth-order valence-electron chi connectivity index (χ4n) is 3.63. The van der Waals surface area contributed by atoms with Gasteiger partial charge in [-0.05, 0) is 59.5 Å². The first-order valence-electron chi connectivity index (χ1n) is 7.74. The number of nitrogens with zero attached hydrogens (tertiary/aromatic N) is 1. The van der Waals surface area contributed by atoms with Gasteiger partial charge in [0.15, 0.2) is 0 Å². The second-order valence-corrected chi connectivity index (χ2v) is 6.04. The van der Waals surface area contributed by atoms with E-state index in [1.807, 2.05) is 0 Å². The Labute approximate surface area is 132 Å². The van der Waals surface area contributed by atoms with Crippen LogP contribution in [-0.2, 0) is 24.5 Å². The summed E-state index contributed by atoms with van der Waals surface area (Å²) in [6, 6.07) is 11.1. The van der Waals surface area contributed by atoms with Gasteiger partial charge < -0.3 is 17.1 Å². The summed E-state index contributed by atoms with van der Waals surface area (Å²) in [6.07, 6.45) is 4.11. The van der Waals surface area contributed by atoms with Crippen LogP contribution in [0.4, 0.5) is 0 Å². The summed E-state index contributed by atoms with van der Waals surface area (Å²) in [5, 5.41) is 2.74. The average Bonchev–Trinajstić information content (AvgIpc) is 2.98. The molecule has 0 atom stereocenters. The van der Waals surface area contributed by atoms with Gasteiger partial charge in [-0.15, -0.1) is 0 Å². The zero-order chi connectivity index (χ0) is 13.4. The lowest BCUT2D eigenvalue weighted by Crippen LogP contribution is -3.00. The SMILES string of the molecule is [Cl-].c1ccc2c3c(c(CN4CCCCC4)cc2c1)COC3. The number of benzene rings is 2. The topological polar surface area (TPSA) is 12.5 Å². The molecule has 2 aromatic carbocycles. The molecule has 0 aliphatic carbocycles. The van der Waals surface area contributed by atoms with Crippen molar-refractivity contribution in [1.82, 2.24) is 4.90 Å². The first-order chi connectivity index (χ1) is 9.92. The number of hydrogen-bond donors (Lipinski definition) is 0. The molecule has 0 spiro atoms. The zero-order valence-electron chi connectivity index (χ0n) is 12.3. The number of likely N-dealkylation sites (tertiary alicyclic amines) is 1. The highest BCUT2D eigenvalue weighted by molar-refractivity contribution is 5.88. The Morgan fingerprint density at radius 2 is 1.71 bits per heavy atom. The van der Waals surface area contributed by atoms with E-state index in [1.165, 1.54) is 59.8 Å². The van der Waals surface area contributed by atoms with E-state index in [9.17, 15) is 0 Å². The third-order valence-electron chi connectivity index (χ3n) is 4.70. The highest BCUT2D eigenvalue weighted by Crippen LogP contribution is 2.32. The maximum absolute atomic E-state index is 5.73. The van der Waals surface area contributed by atoms with Crippen molar-refractivity contribution in [2.24, 2.45) is 0 Å². The van der Waals surface area contributed by atoms with Crippen molar-refractivity contribution in [3.63, 3.8) is 0 Å². The van der Waals surface area contributed by atoms with E-state index in [1.54, 1.807) is 0 Å². The van der Waals surface area contributed by atoms with Crippen molar-refractivity contribution in [3.8, 4) is 0 Å². The number of piperidine rings is 1. The van der Waals surface area contributed by atoms with Crippen LogP contribution >= 0.6 is 0 Å². The van der Waals surface area contributed by atoms with Crippen LogP contribution in [0, 0.1) is 0 Å². The quantitative estimate of drug-likeness (QED) is 0.816. The van der Waals surface area contributed by atoms with E-state index in [0.29, 0.717) is 0 Å². The minimum atomic E-state index is 0. The smallest absolute Gasteiger partial charge is 0.0731 e. The van der Waals surface area contributed by atoms with Crippen molar-refractivity contribution in [2.75, 3.05) is 13.1 Å². The first-order valence-corrected chi connectivity index (χ1v) is 7.74. The summed E-state index contributed by atoms with van der Waals surface area (Å²) >= 11 is 0. The maximum Gasteiger partial charge on any atom is 0.0731 e. The minimum Gasteiger partial charge on any atom is -1.00 e. The van der Waals surface area contributed by atoms with Crippen LogP contribution in [0.5, 0.6) is 0 Å². The Morgan fingerprint density at radius 1 is 0.952 bits per heavy atom. The summed E-state index contributed by atoms with van der Waals surface area (Å²) in [5.74, 6) is 0. The molecule has 1 fully saturated rings. The van der Waals surface area contributed by atoms with Crippen LogP contribution in [0.3, 0.4) is 0 Å². The highest BCUT2D eigenvalue weighted by atomic mass is 35.5. The molecule has 0 amide bonds. The van der Waals surface area contributed by atoms with E-state index in [2.05, 4.69) is 35.2 Å². The molecule has 21 heavy (non-hydrogen) atoms. The van der Waals surface area contributed by atoms with Crippen molar-refractivity contribution in [3.05, 3.63) is 47.0 Å². The average molecular weight is 303 g/mol. The Hall–Kier alpha value is -1.09. The molecule has 0 unspecified atom stereocenters. The van der Waals surface area contributed by atoms with Gasteiger partial charge in [-0.1, -0.05) is 30.7 Å². The summed E-state index contributed by atoms with van der Waals surface area (Å²) in [4.78, 5) is 2.60. The van der Waals surface area contributed by atoms with Gasteiger partial charge in [-0.3, -0.25) is 4.90 Å². The van der Waals surface area contributed by atoms with Crippen LogP contribution in [0.2, 0.25) is 0 Å². The van der Waals surface area contributed by atoms with Crippen LogP contribution in [0.25, 0.3) is 10.8 Å². The lowest BCUT2D eigenvalue weighted by atomic mass is 9.95. The van der Waals surface area contributed by atoms with E-state index in [-0.39, 0.29) is 12.4 Å². The Balaban J connectivity index is 0.00000132. The van der Waals surface area contributed by atoms with Gasteiger partial charge in [0.25, 0.3) is 0 Å². The third-order valence-corrected chi connectivity index (χ3v) is 4.70. The molecule has 2 aromatic rings. The molecule has 2 aliphatic rings. The van der Waals surface area contributed by atoms with E-state index < -0.39 is 0 Å². The molecule has 3 heteroatoms. The lowest BCUT2D eigenvalue weighted by molar-refractivity contribution is -0.00000441. The molecule has 2 aliphatic heterocycles. The molecule has 0 saturated carbocycles. The van der Waals surface area contributed by atoms with Crippen molar-refractivity contribution < 1.29 is 17.1 Å². The van der Waals surface area contributed by atoms with E-state index in [4.69, 9.17) is 4.74 Å². The van der Waals surface area contributed by atoms with Gasteiger partial charge in [0.2, 0.25) is 0 Å². The van der Waals surface area contributed by atoms with Gasteiger partial charge in [-0.2, -0.15) is 0 Å². The molecular weight excluding hydrogens is 282 g/mol. The molecule has 0 aromatic heterocycles. The molecule has 0 bridgehead atoms. The fraction of sp³-hybridized carbons (Fsp3) is 0.444. The van der Waals surface area contributed by atoms with E-state index in [0.717, 1.165) is 19.8 Å². The van der Waals surface area contributed by atoms with Gasteiger partial charge in [0, 0.05) is 6.54 Å². The van der Waals surface area contributed by atoms with Gasteiger partial charge in [-0.25, -0.2) is 0 Å². The Bertz CT molecular complexity index is 634. The van der Waals surface area contributed by atoms with Crippen molar-refractivity contribution in [2.45, 2.75) is 39.0 Å². The van der Waals surface area contributed by atoms with Gasteiger partial charge >= 0.3 is 0 Å². The predicted octanol–water partition coefficient (Wildman–Crippen LogP) is 0.860. The van der Waals surface area contributed by atoms with Gasteiger partial charge in [0.05, 0.1) is 13.2 Å². The fourth-order valence-corrected chi connectivity index (χ4v) is 3.63. The third kappa shape index (κ3) is 2.80. The van der Waals surface area contributed by atoms with E-state index >= 15 is 0 Å². The Morgan fingerprint density at radius 3 is 2.57 bits per heavy atom. The molecular formula is C18H21ClNO-. The number of rotatable bonds is 2. The first kappa shape index (κ1) is 14.8. The molecule has 2 nitrogen and oxygen atoms in total. The van der Waals surface area contributed by atoms with Crippen molar-refractivity contribution in [1.29, 1.82) is 0 Å². The molecule has 1 saturated heterocycles. The molecule has 0 N–H and O–H groups in total. The Kier molecular flexibility index (Phi) is 4.48. The second kappa shape index (κ2) is 6.35. The molecule has 4 rings (SSSR count). The maximum atomic E-state index is 5.73. The monoisotopic (exact) mass is 302 g/mol. The van der Waals surface area contributed by atoms with Gasteiger partial charge in [0.1, 0.15) is 0 Å². The highest BCUT2D eigenvalue weighted by Gasteiger charge is 2.20. The van der Waals surface area contributed by atoms with Crippen molar-refractivity contribution >= 4 is 10.8 Å². The summed E-state index contributed by atoms with van der Waals surface area (Å²) in [5.41, 5.74) is 4.36. The molecule has 2 heterocycles. The standard InChI is InChI=1S/C18H21NO.ClH/c1-4-8-19(9-5-1)11-15-10-14-6-2-3-7-16(14)18-13-20-12-17(15)18;/h2-3,6-7,10H,1,4-5,8-9,11-13H2;1H/p-1.